The maximum absolute atomic E-state index is 9.50. The van der Waals surface area contributed by atoms with Crippen LogP contribution in [0.25, 0.3) is 11.4 Å². The largest absolute Gasteiger partial charge is 0.392 e. The van der Waals surface area contributed by atoms with Crippen LogP contribution in [0.15, 0.2) is 27.2 Å². The van der Waals surface area contributed by atoms with Gasteiger partial charge in [-0.15, -0.1) is 0 Å². The second kappa shape index (κ2) is 5.03. The summed E-state index contributed by atoms with van der Waals surface area (Å²) in [7, 11) is 0. The lowest BCUT2D eigenvalue weighted by molar-refractivity contribution is 0.191. The van der Waals surface area contributed by atoms with Gasteiger partial charge in [-0.2, -0.15) is 4.98 Å². The van der Waals surface area contributed by atoms with E-state index in [1.165, 1.54) is 0 Å². The Labute approximate surface area is 119 Å². The molecule has 1 saturated heterocycles. The van der Waals surface area contributed by atoms with Gasteiger partial charge in [0.2, 0.25) is 11.7 Å². The van der Waals surface area contributed by atoms with E-state index >= 15 is 0 Å². The Kier molecular flexibility index (Phi) is 3.38. The number of hydrogen-bond acceptors (Lipinski definition) is 5. The molecule has 1 aliphatic rings. The van der Waals surface area contributed by atoms with Crippen LogP contribution in [0.2, 0.25) is 0 Å². The van der Waals surface area contributed by atoms with Crippen molar-refractivity contribution in [1.29, 1.82) is 0 Å². The fraction of sp³-hybridized carbons (Fsp3) is 0.385. The van der Waals surface area contributed by atoms with Crippen LogP contribution in [0, 0.1) is 6.92 Å². The Morgan fingerprint density at radius 1 is 1.47 bits per heavy atom. The second-order valence-corrected chi connectivity index (χ2v) is 5.68. The lowest BCUT2D eigenvalue weighted by Gasteiger charge is -2.02. The van der Waals surface area contributed by atoms with E-state index < -0.39 is 0 Å². The monoisotopic (exact) mass is 323 g/mol. The van der Waals surface area contributed by atoms with Gasteiger partial charge in [-0.1, -0.05) is 21.1 Å². The summed E-state index contributed by atoms with van der Waals surface area (Å²) in [6.07, 6.45) is 0.274. The number of aromatic nitrogens is 2. The minimum Gasteiger partial charge on any atom is -0.392 e. The Morgan fingerprint density at radius 3 is 3.00 bits per heavy atom. The first-order chi connectivity index (χ1) is 9.13. The summed E-state index contributed by atoms with van der Waals surface area (Å²) in [5.74, 6) is 1.12. The lowest BCUT2D eigenvalue weighted by atomic mass is 10.1. The van der Waals surface area contributed by atoms with Gasteiger partial charge in [-0.25, -0.2) is 0 Å². The maximum Gasteiger partial charge on any atom is 0.244 e. The normalized spacial score (nSPS) is 22.9. The summed E-state index contributed by atoms with van der Waals surface area (Å²) < 4.78 is 6.32. The lowest BCUT2D eigenvalue weighted by Crippen LogP contribution is -2.15. The predicted molar refractivity (Wildman–Crippen MR) is 73.5 cm³/mol. The topological polar surface area (TPSA) is 71.2 Å². The number of aliphatic hydroxyl groups is 1. The Morgan fingerprint density at radius 2 is 2.32 bits per heavy atom. The summed E-state index contributed by atoms with van der Waals surface area (Å²) in [4.78, 5) is 4.42. The number of nitrogens with one attached hydrogen (secondary N) is 1. The zero-order chi connectivity index (χ0) is 13.4. The van der Waals surface area contributed by atoms with Crippen LogP contribution in [0.3, 0.4) is 0 Å². The number of nitrogens with zero attached hydrogens (tertiary/aromatic N) is 2. The van der Waals surface area contributed by atoms with E-state index in [1.807, 2.05) is 25.1 Å². The maximum atomic E-state index is 9.50. The van der Waals surface area contributed by atoms with Crippen molar-refractivity contribution in [2.45, 2.75) is 25.5 Å². The third-order valence-corrected chi connectivity index (χ3v) is 3.77. The fourth-order valence-corrected chi connectivity index (χ4v) is 2.74. The molecule has 2 aromatic rings. The van der Waals surface area contributed by atoms with E-state index in [9.17, 15) is 5.11 Å². The van der Waals surface area contributed by atoms with E-state index in [1.54, 1.807) is 0 Å². The predicted octanol–water partition coefficient (Wildman–Crippen LogP) is 2.20. The number of rotatable bonds is 2. The number of halogens is 1. The third kappa shape index (κ3) is 2.56. The van der Waals surface area contributed by atoms with Gasteiger partial charge in [-0.3, -0.25) is 0 Å². The smallest absolute Gasteiger partial charge is 0.244 e. The standard InChI is InChI=1S/C13H14BrN3O2/c1-7-4-8(14)2-3-10(7)12-16-13(19-17-12)11-5-9(18)6-15-11/h2-4,9,11,15,18H,5-6H2,1H3. The molecule has 0 amide bonds. The highest BCUT2D eigenvalue weighted by molar-refractivity contribution is 9.10. The van der Waals surface area contributed by atoms with Gasteiger partial charge in [0, 0.05) is 16.6 Å². The Balaban J connectivity index is 1.88. The highest BCUT2D eigenvalue weighted by Crippen LogP contribution is 2.27. The zero-order valence-corrected chi connectivity index (χ0v) is 12.0. The average Bonchev–Trinajstić information content (AvgIpc) is 2.97. The van der Waals surface area contributed by atoms with Gasteiger partial charge in [-0.05, 0) is 37.1 Å². The average molecular weight is 324 g/mol. The number of aryl methyl sites for hydroxylation is 1. The van der Waals surface area contributed by atoms with Crippen LogP contribution in [0.5, 0.6) is 0 Å². The van der Waals surface area contributed by atoms with Crippen molar-refractivity contribution in [3.63, 3.8) is 0 Å². The molecule has 6 heteroatoms. The molecule has 100 valence electrons. The van der Waals surface area contributed by atoms with Crippen LogP contribution < -0.4 is 5.32 Å². The van der Waals surface area contributed by atoms with Crippen LogP contribution in [-0.4, -0.2) is 27.9 Å². The number of hydrogen-bond donors (Lipinski definition) is 2. The Bertz CT molecular complexity index is 599. The molecule has 0 bridgehead atoms. The molecule has 0 aliphatic carbocycles. The van der Waals surface area contributed by atoms with E-state index in [0.29, 0.717) is 24.7 Å². The van der Waals surface area contributed by atoms with Crippen LogP contribution in [-0.2, 0) is 0 Å². The number of benzene rings is 1. The van der Waals surface area contributed by atoms with Crippen molar-refractivity contribution >= 4 is 15.9 Å². The van der Waals surface area contributed by atoms with E-state index in [4.69, 9.17) is 4.52 Å². The third-order valence-electron chi connectivity index (χ3n) is 3.28. The van der Waals surface area contributed by atoms with E-state index in [0.717, 1.165) is 15.6 Å². The van der Waals surface area contributed by atoms with Gasteiger partial charge in [0.15, 0.2) is 0 Å². The minimum atomic E-state index is -0.338. The molecule has 2 N–H and O–H groups in total. The van der Waals surface area contributed by atoms with Gasteiger partial charge in [0.05, 0.1) is 12.1 Å². The molecule has 1 fully saturated rings. The van der Waals surface area contributed by atoms with Gasteiger partial charge < -0.3 is 14.9 Å². The van der Waals surface area contributed by atoms with Gasteiger partial charge >= 0.3 is 0 Å². The van der Waals surface area contributed by atoms with Crippen LogP contribution >= 0.6 is 15.9 Å². The summed E-state index contributed by atoms with van der Waals surface area (Å²) >= 11 is 3.43. The van der Waals surface area contributed by atoms with Crippen molar-refractivity contribution in [3.8, 4) is 11.4 Å². The zero-order valence-electron chi connectivity index (χ0n) is 10.4. The summed E-state index contributed by atoms with van der Waals surface area (Å²) in [6.45, 7) is 2.58. The van der Waals surface area contributed by atoms with Crippen molar-refractivity contribution in [1.82, 2.24) is 15.5 Å². The van der Waals surface area contributed by atoms with Crippen molar-refractivity contribution in [2.24, 2.45) is 0 Å². The summed E-state index contributed by atoms with van der Waals surface area (Å²) in [6, 6.07) is 5.89. The second-order valence-electron chi connectivity index (χ2n) is 4.77. The molecule has 0 spiro atoms. The van der Waals surface area contributed by atoms with E-state index in [2.05, 4.69) is 31.4 Å². The molecule has 0 radical (unpaired) electrons. The first kappa shape index (κ1) is 12.8. The van der Waals surface area contributed by atoms with Crippen LogP contribution in [0.4, 0.5) is 0 Å². The van der Waals surface area contributed by atoms with Crippen molar-refractivity contribution < 1.29 is 9.63 Å². The minimum absolute atomic E-state index is 0.0491. The highest BCUT2D eigenvalue weighted by Gasteiger charge is 2.28. The summed E-state index contributed by atoms with van der Waals surface area (Å²) in [5, 5.41) is 16.7. The van der Waals surface area contributed by atoms with Gasteiger partial charge in [0.1, 0.15) is 0 Å². The van der Waals surface area contributed by atoms with Crippen LogP contribution in [0.1, 0.15) is 23.9 Å². The molecular weight excluding hydrogens is 310 g/mol. The number of β-amino-alcohol motifs (C(OH)–C–C–N with tert-alkyl or cyclic N) is 1. The van der Waals surface area contributed by atoms with Crippen molar-refractivity contribution in [2.75, 3.05) is 6.54 Å². The Hall–Kier alpha value is -1.24. The molecule has 19 heavy (non-hydrogen) atoms. The fourth-order valence-electron chi connectivity index (χ4n) is 2.27. The molecular formula is C13H14BrN3O2. The first-order valence-corrected chi connectivity index (χ1v) is 6.94. The molecule has 2 unspecified atom stereocenters. The molecule has 3 rings (SSSR count). The molecule has 2 heterocycles. The first-order valence-electron chi connectivity index (χ1n) is 6.15. The molecule has 0 saturated carbocycles. The van der Waals surface area contributed by atoms with Gasteiger partial charge in [0.25, 0.3) is 0 Å². The molecule has 1 aromatic heterocycles. The SMILES string of the molecule is Cc1cc(Br)ccc1-c1noc(C2CC(O)CN2)n1. The number of aliphatic hydroxyl groups excluding tert-OH is 1. The van der Waals surface area contributed by atoms with Crippen molar-refractivity contribution in [3.05, 3.63) is 34.1 Å². The van der Waals surface area contributed by atoms with E-state index in [-0.39, 0.29) is 12.1 Å². The highest BCUT2D eigenvalue weighted by atomic mass is 79.9. The molecule has 5 nitrogen and oxygen atoms in total. The molecule has 1 aromatic carbocycles. The molecule has 2 atom stereocenters. The summed E-state index contributed by atoms with van der Waals surface area (Å²) in [5.41, 5.74) is 2.04. The quantitative estimate of drug-likeness (QED) is 0.886. The molecule has 1 aliphatic heterocycles.